The fraction of sp³-hybridized carbons (Fsp3) is 0.364. The molecular weight excluding hydrogens is 486 g/mol. The first-order valence-corrected chi connectivity index (χ1v) is 5.57. The third kappa shape index (κ3) is 2.41. The maximum Gasteiger partial charge on any atom is 0.324 e. The van der Waals surface area contributed by atoms with E-state index < -0.39 is 5.97 Å². The number of anilines is 1. The summed E-state index contributed by atoms with van der Waals surface area (Å²) in [4.78, 5) is 10.5. The average molecular weight is 501 g/mol. The predicted octanol–water partition coefficient (Wildman–Crippen LogP) is 0.0414. The van der Waals surface area contributed by atoms with Gasteiger partial charge in [-0.3, -0.25) is 4.79 Å². The molecule has 0 fully saturated rings. The van der Waals surface area contributed by atoms with Crippen molar-refractivity contribution in [3.63, 3.8) is 0 Å². The van der Waals surface area contributed by atoms with Crippen molar-refractivity contribution >= 4 is 24.0 Å². The monoisotopic (exact) mass is 501 g/mol. The SMILES string of the molecule is CB1O[C@H](CN)c2ccc(NCC(=O)O)cc21.[Rf]. The van der Waals surface area contributed by atoms with Crippen LogP contribution in [0.1, 0.15) is 11.7 Å². The second kappa shape index (κ2) is 5.20. The van der Waals surface area contributed by atoms with E-state index in [-0.39, 0.29) is 19.6 Å². The molecule has 1 aromatic carbocycles. The van der Waals surface area contributed by atoms with Crippen LogP contribution in [0.2, 0.25) is 6.82 Å². The smallest absolute Gasteiger partial charge is 0.324 e. The zero-order valence-electron chi connectivity index (χ0n) is 10.3. The molecule has 0 aliphatic carbocycles. The van der Waals surface area contributed by atoms with E-state index in [0.717, 1.165) is 16.7 Å². The maximum atomic E-state index is 10.5. The van der Waals surface area contributed by atoms with Crippen LogP contribution >= 0.6 is 0 Å². The van der Waals surface area contributed by atoms with Crippen LogP contribution in [-0.4, -0.2) is 31.1 Å². The van der Waals surface area contributed by atoms with Crippen LogP contribution in [0.5, 0.6) is 0 Å². The molecule has 92 valence electrons. The molecule has 1 atom stereocenters. The number of fused-ring (bicyclic) bond motifs is 1. The Kier molecular flexibility index (Phi) is 3.91. The Bertz CT molecular complexity index is 444. The van der Waals surface area contributed by atoms with Crippen molar-refractivity contribution in [2.45, 2.75) is 12.9 Å². The molecule has 0 saturated carbocycles. The Morgan fingerprint density at radius 3 is 2.94 bits per heavy atom. The summed E-state index contributed by atoms with van der Waals surface area (Å²) in [5.74, 6) is -0.880. The molecule has 1 aliphatic rings. The predicted molar refractivity (Wildman–Crippen MR) is 66.7 cm³/mol. The van der Waals surface area contributed by atoms with Gasteiger partial charge in [-0.25, -0.2) is 0 Å². The van der Waals surface area contributed by atoms with Gasteiger partial charge in [0.15, 0.2) is 0 Å². The summed E-state index contributed by atoms with van der Waals surface area (Å²) >= 11 is 0. The molecule has 0 bridgehead atoms. The zero-order valence-corrected chi connectivity index (χ0v) is 16.7. The van der Waals surface area contributed by atoms with Crippen molar-refractivity contribution in [1.82, 2.24) is 0 Å². The van der Waals surface area contributed by atoms with Crippen LogP contribution in [0.25, 0.3) is 0 Å². The first kappa shape index (κ1) is 13.5. The van der Waals surface area contributed by atoms with Crippen molar-refractivity contribution in [3.8, 4) is 0 Å². The number of aliphatic carboxylic acids is 1. The van der Waals surface area contributed by atoms with Crippen molar-refractivity contribution in [2.24, 2.45) is 5.73 Å². The molecule has 5 nitrogen and oxygen atoms in total. The Balaban J connectivity index is 0.00000162. The molecule has 0 radical (unpaired) electrons. The average Bonchev–Trinajstić information content (AvgIpc) is 2.63. The van der Waals surface area contributed by atoms with Gasteiger partial charge in [-0.1, -0.05) is 12.9 Å². The van der Waals surface area contributed by atoms with Gasteiger partial charge in [-0.05, 0) is 23.2 Å². The Morgan fingerprint density at radius 1 is 1.61 bits per heavy atom. The van der Waals surface area contributed by atoms with Crippen LogP contribution in [-0.2, 0) is 9.45 Å². The normalized spacial score (nSPS) is 17.0. The fourth-order valence-electron chi connectivity index (χ4n) is 2.08. The molecule has 0 amide bonds. The largest absolute Gasteiger partial charge is 0.480 e. The number of hydrogen-bond acceptors (Lipinski definition) is 4. The van der Waals surface area contributed by atoms with Crippen molar-refractivity contribution in [2.75, 3.05) is 18.4 Å². The number of carboxylic acid groups (broad SMARTS) is 1. The summed E-state index contributed by atoms with van der Waals surface area (Å²) in [6, 6.07) is 5.73. The maximum absolute atomic E-state index is 10.5. The number of nitrogens with one attached hydrogen (secondary N) is 1. The van der Waals surface area contributed by atoms with Gasteiger partial charge in [0, 0.05) is 12.2 Å². The van der Waals surface area contributed by atoms with E-state index >= 15 is 0 Å². The van der Waals surface area contributed by atoms with Crippen molar-refractivity contribution in [3.05, 3.63) is 23.8 Å². The molecule has 1 aliphatic heterocycles. The molecular formula is C11H15BN2O3Rf. The van der Waals surface area contributed by atoms with Crippen LogP contribution in [0.15, 0.2) is 18.2 Å². The molecule has 2 rings (SSSR count). The van der Waals surface area contributed by atoms with Gasteiger partial charge in [-0.15, -0.1) is 0 Å². The van der Waals surface area contributed by atoms with E-state index in [4.69, 9.17) is 15.5 Å². The quantitative estimate of drug-likeness (QED) is 0.508. The molecule has 0 saturated heterocycles. The van der Waals surface area contributed by atoms with E-state index in [1.807, 2.05) is 25.0 Å². The summed E-state index contributed by atoms with van der Waals surface area (Å²) in [6.45, 7) is 2.34. The minimum Gasteiger partial charge on any atom is -0.480 e. The molecule has 7 heteroatoms. The van der Waals surface area contributed by atoms with Gasteiger partial charge in [-0.2, -0.15) is 0 Å². The summed E-state index contributed by atoms with van der Waals surface area (Å²) < 4.78 is 5.69. The number of nitrogens with two attached hydrogens (primary N) is 1. The third-order valence-corrected chi connectivity index (χ3v) is 2.90. The second-order valence-corrected chi connectivity index (χ2v) is 4.09. The van der Waals surface area contributed by atoms with E-state index in [1.165, 1.54) is 0 Å². The Labute approximate surface area is 100 Å². The van der Waals surface area contributed by atoms with Crippen molar-refractivity contribution < 1.29 is 14.6 Å². The Morgan fingerprint density at radius 2 is 2.33 bits per heavy atom. The summed E-state index contributed by atoms with van der Waals surface area (Å²) in [5, 5.41) is 11.4. The summed E-state index contributed by atoms with van der Waals surface area (Å²) in [7, 11) is 0. The van der Waals surface area contributed by atoms with Gasteiger partial charge in [0.2, 0.25) is 0 Å². The van der Waals surface area contributed by atoms with Gasteiger partial charge >= 0.3 is 12.9 Å². The Hall–Kier alpha value is -2.53. The fourth-order valence-corrected chi connectivity index (χ4v) is 2.08. The standard InChI is InChI=1S/C11H15BN2O3.Rf/c1-12-9-4-7(14-6-11(15)16)2-3-8(9)10(5-13)17-12;/h2-4,10,14H,5-6,13H2,1H3,(H,15,16);/t10-;/m1./s1. The van der Waals surface area contributed by atoms with Crippen molar-refractivity contribution in [1.29, 1.82) is 0 Å². The molecule has 18 heavy (non-hydrogen) atoms. The topological polar surface area (TPSA) is 84.6 Å². The molecule has 1 aromatic rings. The summed E-state index contributed by atoms with van der Waals surface area (Å²) in [6.07, 6.45) is -0.0477. The minimum atomic E-state index is -0.880. The molecule has 0 spiro atoms. The van der Waals surface area contributed by atoms with Crippen LogP contribution in [0, 0.1) is 0 Å². The zero-order chi connectivity index (χ0) is 12.4. The first-order valence-electron chi connectivity index (χ1n) is 5.57. The molecule has 4 N–H and O–H groups in total. The second-order valence-electron chi connectivity index (χ2n) is 4.09. The van der Waals surface area contributed by atoms with Crippen LogP contribution in [0.4, 0.5) is 5.69 Å². The molecule has 1 heterocycles. The third-order valence-electron chi connectivity index (χ3n) is 2.90. The number of rotatable bonds is 4. The first-order chi connectivity index (χ1) is 8.11. The van der Waals surface area contributed by atoms with Crippen LogP contribution < -0.4 is 16.5 Å². The van der Waals surface area contributed by atoms with Gasteiger partial charge < -0.3 is 20.8 Å². The van der Waals surface area contributed by atoms with Gasteiger partial charge in [0.05, 0.1) is 6.10 Å². The van der Waals surface area contributed by atoms with E-state index in [2.05, 4.69) is 5.32 Å². The van der Waals surface area contributed by atoms with E-state index in [1.54, 1.807) is 0 Å². The van der Waals surface area contributed by atoms with Gasteiger partial charge in [0.25, 0.3) is 0 Å². The number of carbonyl (C=O) groups is 1. The summed E-state index contributed by atoms with van der Waals surface area (Å²) in [5.41, 5.74) is 8.60. The number of carboxylic acids is 1. The minimum absolute atomic E-state index is 0. The number of benzene rings is 1. The van der Waals surface area contributed by atoms with Crippen LogP contribution in [0.3, 0.4) is 0 Å². The van der Waals surface area contributed by atoms with E-state index in [0.29, 0.717) is 6.54 Å². The van der Waals surface area contributed by atoms with Gasteiger partial charge in [0.1, 0.15) is 6.54 Å². The van der Waals surface area contributed by atoms with E-state index in [9.17, 15) is 4.79 Å². The molecule has 0 unspecified atom stereocenters. The number of hydrogen-bond donors (Lipinski definition) is 3. The molecule has 0 aromatic heterocycles.